The van der Waals surface area contributed by atoms with E-state index in [1.165, 1.54) is 50.5 Å². The molecule has 4 atom stereocenters. The minimum atomic E-state index is 0.454. The Bertz CT molecular complexity index is 262. The van der Waals surface area contributed by atoms with Gasteiger partial charge < -0.3 is 0 Å². The largest absolute Gasteiger partial charge is 0.271 e. The van der Waals surface area contributed by atoms with Crippen LogP contribution in [-0.2, 0) is 0 Å². The highest BCUT2D eigenvalue weighted by Crippen LogP contribution is 2.43. The molecule has 2 fully saturated rings. The molecule has 0 aromatic heterocycles. The zero-order valence-electron chi connectivity index (χ0n) is 11.3. The summed E-state index contributed by atoms with van der Waals surface area (Å²) in [5, 5.41) is 0. The first-order valence-corrected chi connectivity index (χ1v) is 7.31. The first kappa shape index (κ1) is 13.1. The van der Waals surface area contributed by atoms with Gasteiger partial charge >= 0.3 is 0 Å². The maximum Gasteiger partial charge on any atom is 0.0275 e. The third kappa shape index (κ3) is 3.32. The monoisotopic (exact) mass is 236 g/mol. The molecule has 4 unspecified atom stereocenters. The Hall–Kier alpha value is -0.340. The van der Waals surface area contributed by atoms with Crippen molar-refractivity contribution in [1.82, 2.24) is 5.43 Å². The van der Waals surface area contributed by atoms with Crippen molar-refractivity contribution in [2.45, 2.75) is 64.3 Å². The third-order valence-electron chi connectivity index (χ3n) is 4.93. The molecule has 2 heteroatoms. The van der Waals surface area contributed by atoms with E-state index >= 15 is 0 Å². The van der Waals surface area contributed by atoms with E-state index in [0.29, 0.717) is 6.04 Å². The molecule has 0 aromatic carbocycles. The molecule has 0 aliphatic heterocycles. The number of rotatable bonds is 4. The molecule has 17 heavy (non-hydrogen) atoms. The highest BCUT2D eigenvalue weighted by Gasteiger charge is 2.34. The predicted molar refractivity (Wildman–Crippen MR) is 73.3 cm³/mol. The van der Waals surface area contributed by atoms with Gasteiger partial charge in [-0.1, -0.05) is 31.3 Å². The highest BCUT2D eigenvalue weighted by molar-refractivity contribution is 4.96. The minimum Gasteiger partial charge on any atom is -0.271 e. The molecule has 0 saturated heterocycles. The molecule has 2 aliphatic carbocycles. The fourth-order valence-electron chi connectivity index (χ4n) is 4.01. The molecule has 2 rings (SSSR count). The summed E-state index contributed by atoms with van der Waals surface area (Å²) in [7, 11) is 0. The van der Waals surface area contributed by atoms with Gasteiger partial charge in [-0.15, -0.1) is 6.58 Å². The van der Waals surface area contributed by atoms with Crippen LogP contribution >= 0.6 is 0 Å². The van der Waals surface area contributed by atoms with Crippen LogP contribution in [0.15, 0.2) is 12.2 Å². The van der Waals surface area contributed by atoms with Gasteiger partial charge in [0.15, 0.2) is 0 Å². The number of fused-ring (bicyclic) bond motifs is 1. The van der Waals surface area contributed by atoms with E-state index in [0.717, 1.165) is 24.2 Å². The van der Waals surface area contributed by atoms with Gasteiger partial charge in [0.25, 0.3) is 0 Å². The summed E-state index contributed by atoms with van der Waals surface area (Å²) in [5.41, 5.74) is 4.29. The fourth-order valence-corrected chi connectivity index (χ4v) is 4.01. The Morgan fingerprint density at radius 1 is 1.24 bits per heavy atom. The topological polar surface area (TPSA) is 38.0 Å². The molecule has 0 amide bonds. The van der Waals surface area contributed by atoms with Crippen LogP contribution in [0.3, 0.4) is 0 Å². The Balaban J connectivity index is 1.91. The van der Waals surface area contributed by atoms with E-state index in [-0.39, 0.29) is 0 Å². The summed E-state index contributed by atoms with van der Waals surface area (Å²) < 4.78 is 0. The van der Waals surface area contributed by atoms with Gasteiger partial charge in [0.1, 0.15) is 0 Å². The molecule has 0 radical (unpaired) electrons. The van der Waals surface area contributed by atoms with Crippen molar-refractivity contribution in [3.05, 3.63) is 12.2 Å². The van der Waals surface area contributed by atoms with Gasteiger partial charge in [0.2, 0.25) is 0 Å². The highest BCUT2D eigenvalue weighted by atomic mass is 15.2. The molecular weight excluding hydrogens is 208 g/mol. The smallest absolute Gasteiger partial charge is 0.0275 e. The number of hydrogen-bond donors (Lipinski definition) is 2. The van der Waals surface area contributed by atoms with Crippen LogP contribution in [0.4, 0.5) is 0 Å². The van der Waals surface area contributed by atoms with Crippen molar-refractivity contribution in [2.24, 2.45) is 23.6 Å². The lowest BCUT2D eigenvalue weighted by atomic mass is 9.66. The number of nitrogens with one attached hydrogen (secondary N) is 1. The van der Waals surface area contributed by atoms with E-state index < -0.39 is 0 Å². The first-order valence-electron chi connectivity index (χ1n) is 7.31. The van der Waals surface area contributed by atoms with Gasteiger partial charge in [0.05, 0.1) is 0 Å². The molecule has 0 heterocycles. The standard InChI is InChI=1S/C15H28N2/c1-11(2)9-15(17-16)14-8-7-12-5-3-4-6-13(12)10-14/h12-15,17H,1,3-10,16H2,2H3. The van der Waals surface area contributed by atoms with Crippen LogP contribution in [0.25, 0.3) is 0 Å². The lowest BCUT2D eigenvalue weighted by molar-refractivity contribution is 0.109. The molecule has 0 spiro atoms. The summed E-state index contributed by atoms with van der Waals surface area (Å²) >= 11 is 0. The zero-order valence-corrected chi connectivity index (χ0v) is 11.3. The first-order chi connectivity index (χ1) is 8.20. The van der Waals surface area contributed by atoms with Gasteiger partial charge in [-0.25, -0.2) is 0 Å². The fraction of sp³-hybridized carbons (Fsp3) is 0.867. The maximum atomic E-state index is 5.73. The van der Waals surface area contributed by atoms with E-state index in [2.05, 4.69) is 18.9 Å². The predicted octanol–water partition coefficient (Wildman–Crippen LogP) is 3.39. The summed E-state index contributed by atoms with van der Waals surface area (Å²) in [6.45, 7) is 6.13. The van der Waals surface area contributed by atoms with Gasteiger partial charge in [-0.3, -0.25) is 11.3 Å². The molecule has 3 N–H and O–H groups in total. The van der Waals surface area contributed by atoms with Crippen molar-refractivity contribution < 1.29 is 0 Å². The van der Waals surface area contributed by atoms with Crippen LogP contribution in [0.1, 0.15) is 58.3 Å². The van der Waals surface area contributed by atoms with Crippen molar-refractivity contribution in [3.63, 3.8) is 0 Å². The van der Waals surface area contributed by atoms with Crippen molar-refractivity contribution >= 4 is 0 Å². The quantitative estimate of drug-likeness (QED) is 0.446. The summed E-state index contributed by atoms with van der Waals surface area (Å²) in [6, 6.07) is 0.454. The second-order valence-electron chi connectivity index (χ2n) is 6.31. The zero-order chi connectivity index (χ0) is 12.3. The minimum absolute atomic E-state index is 0.454. The molecule has 2 aliphatic rings. The van der Waals surface area contributed by atoms with E-state index in [9.17, 15) is 0 Å². The average Bonchev–Trinajstić information content (AvgIpc) is 2.35. The molecule has 0 bridgehead atoms. The summed E-state index contributed by atoms with van der Waals surface area (Å²) in [6.07, 6.45) is 11.1. The third-order valence-corrected chi connectivity index (χ3v) is 4.93. The van der Waals surface area contributed by atoms with Crippen LogP contribution in [-0.4, -0.2) is 6.04 Å². The average molecular weight is 236 g/mol. The molecular formula is C15H28N2. The lowest BCUT2D eigenvalue weighted by Crippen LogP contribution is -2.44. The Morgan fingerprint density at radius 3 is 2.59 bits per heavy atom. The number of hydrazine groups is 1. The normalized spacial score (nSPS) is 35.1. The van der Waals surface area contributed by atoms with Crippen molar-refractivity contribution in [3.8, 4) is 0 Å². The Kier molecular flexibility index (Phi) is 4.63. The Morgan fingerprint density at radius 2 is 1.94 bits per heavy atom. The molecule has 0 aromatic rings. The molecule has 2 saturated carbocycles. The van der Waals surface area contributed by atoms with Gasteiger partial charge in [0, 0.05) is 6.04 Å². The lowest BCUT2D eigenvalue weighted by Gasteiger charge is -2.42. The van der Waals surface area contributed by atoms with Gasteiger partial charge in [-0.05, 0) is 50.4 Å². The summed E-state index contributed by atoms with van der Waals surface area (Å²) in [5.74, 6) is 8.52. The summed E-state index contributed by atoms with van der Waals surface area (Å²) in [4.78, 5) is 0. The second kappa shape index (κ2) is 6.01. The SMILES string of the molecule is C=C(C)CC(NN)C1CCC2CCCCC2C1. The van der Waals surface area contributed by atoms with Crippen molar-refractivity contribution in [2.75, 3.05) is 0 Å². The van der Waals surface area contributed by atoms with E-state index in [1.54, 1.807) is 0 Å². The van der Waals surface area contributed by atoms with E-state index in [4.69, 9.17) is 5.84 Å². The van der Waals surface area contributed by atoms with Crippen LogP contribution in [0.2, 0.25) is 0 Å². The van der Waals surface area contributed by atoms with Crippen LogP contribution < -0.4 is 11.3 Å². The van der Waals surface area contributed by atoms with Crippen LogP contribution in [0.5, 0.6) is 0 Å². The second-order valence-corrected chi connectivity index (χ2v) is 6.31. The molecule has 2 nitrogen and oxygen atoms in total. The molecule has 98 valence electrons. The van der Waals surface area contributed by atoms with Gasteiger partial charge in [-0.2, -0.15) is 0 Å². The Labute approximate surface area is 106 Å². The van der Waals surface area contributed by atoms with Crippen molar-refractivity contribution in [1.29, 1.82) is 0 Å². The van der Waals surface area contributed by atoms with E-state index in [1.807, 2.05) is 0 Å². The number of nitrogens with two attached hydrogens (primary N) is 1. The maximum absolute atomic E-state index is 5.73. The van der Waals surface area contributed by atoms with Crippen LogP contribution in [0, 0.1) is 17.8 Å². The number of hydrogen-bond acceptors (Lipinski definition) is 2.